The molecule has 0 fully saturated rings. The van der Waals surface area contributed by atoms with Gasteiger partial charge in [-0.25, -0.2) is 9.97 Å². The van der Waals surface area contributed by atoms with Crippen molar-refractivity contribution in [3.63, 3.8) is 0 Å². The van der Waals surface area contributed by atoms with Crippen LogP contribution in [0.15, 0.2) is 47.6 Å². The molecule has 0 unspecified atom stereocenters. The van der Waals surface area contributed by atoms with E-state index in [9.17, 15) is 14.9 Å². The molecule has 29 heavy (non-hydrogen) atoms. The number of carbonyl (C=O) groups excluding carboxylic acids is 1. The number of benzene rings is 2. The number of carbonyl (C=O) groups is 1. The largest absolute Gasteiger partial charge is 0.370 e. The van der Waals surface area contributed by atoms with Crippen LogP contribution in [0.3, 0.4) is 0 Å². The topological polar surface area (TPSA) is 101 Å². The highest BCUT2D eigenvalue weighted by Crippen LogP contribution is 2.32. The molecule has 0 saturated heterocycles. The molecule has 4 rings (SSSR count). The van der Waals surface area contributed by atoms with Gasteiger partial charge in [0.15, 0.2) is 5.16 Å². The average Bonchev–Trinajstić information content (AvgIpc) is 3.15. The number of non-ortho nitro benzene ring substituents is 1. The number of hydrogen-bond acceptors (Lipinski definition) is 7. The number of anilines is 2. The van der Waals surface area contributed by atoms with Crippen LogP contribution in [0.25, 0.3) is 10.9 Å². The van der Waals surface area contributed by atoms with Gasteiger partial charge in [-0.2, -0.15) is 0 Å². The predicted octanol–water partition coefficient (Wildman–Crippen LogP) is 3.65. The quantitative estimate of drug-likeness (QED) is 0.287. The number of nitrogens with zero attached hydrogens (tertiary/aromatic N) is 4. The summed E-state index contributed by atoms with van der Waals surface area (Å²) in [5.41, 5.74) is 2.45. The molecule has 2 heterocycles. The minimum atomic E-state index is -0.417. The van der Waals surface area contributed by atoms with Gasteiger partial charge in [-0.3, -0.25) is 14.9 Å². The van der Waals surface area contributed by atoms with Gasteiger partial charge in [0.1, 0.15) is 5.82 Å². The molecule has 0 saturated carbocycles. The summed E-state index contributed by atoms with van der Waals surface area (Å²) in [4.78, 5) is 34.1. The molecule has 0 bridgehead atoms. The van der Waals surface area contributed by atoms with E-state index in [4.69, 9.17) is 0 Å². The summed E-state index contributed by atoms with van der Waals surface area (Å²) >= 11 is 1.29. The lowest BCUT2D eigenvalue weighted by Gasteiger charge is -2.17. The summed E-state index contributed by atoms with van der Waals surface area (Å²) in [7, 11) is 0. The van der Waals surface area contributed by atoms with Crippen LogP contribution in [0.5, 0.6) is 0 Å². The molecule has 0 aliphatic carbocycles. The van der Waals surface area contributed by atoms with E-state index >= 15 is 0 Å². The third-order valence-corrected chi connectivity index (χ3v) is 5.55. The SMILES string of the molecule is CCNc1nc(SCC(=O)N2CCc3cc([N+](=O)[O-])ccc32)nc2ccccc12. The van der Waals surface area contributed by atoms with Crippen molar-refractivity contribution < 1.29 is 9.72 Å². The zero-order chi connectivity index (χ0) is 20.4. The van der Waals surface area contributed by atoms with Crippen molar-refractivity contribution in [2.45, 2.75) is 18.5 Å². The highest BCUT2D eigenvalue weighted by Gasteiger charge is 2.26. The summed E-state index contributed by atoms with van der Waals surface area (Å²) < 4.78 is 0. The van der Waals surface area contributed by atoms with Gasteiger partial charge in [0.25, 0.3) is 5.69 Å². The van der Waals surface area contributed by atoms with E-state index in [2.05, 4.69) is 15.3 Å². The van der Waals surface area contributed by atoms with Crippen molar-refractivity contribution in [2.24, 2.45) is 0 Å². The molecule has 1 N–H and O–H groups in total. The molecule has 9 heteroatoms. The number of nitro groups is 1. The number of amides is 1. The van der Waals surface area contributed by atoms with Crippen molar-refractivity contribution in [2.75, 3.05) is 29.1 Å². The zero-order valence-corrected chi connectivity index (χ0v) is 16.6. The van der Waals surface area contributed by atoms with Crippen LogP contribution < -0.4 is 10.2 Å². The van der Waals surface area contributed by atoms with Gasteiger partial charge in [0.05, 0.1) is 16.2 Å². The standard InChI is InChI=1S/C20H19N5O3S/c1-2-21-19-15-5-3-4-6-16(15)22-20(23-19)29-12-18(26)24-10-9-13-11-14(25(27)28)7-8-17(13)24/h3-8,11H,2,9-10,12H2,1H3,(H,21,22,23). The summed E-state index contributed by atoms with van der Waals surface area (Å²) in [5.74, 6) is 0.886. The van der Waals surface area contributed by atoms with Crippen LogP contribution in [-0.2, 0) is 11.2 Å². The average molecular weight is 409 g/mol. The fourth-order valence-electron chi connectivity index (χ4n) is 3.39. The Kier molecular flexibility index (Phi) is 5.30. The second-order valence-electron chi connectivity index (χ2n) is 6.56. The van der Waals surface area contributed by atoms with Crippen LogP contribution in [0.4, 0.5) is 17.2 Å². The number of nitrogens with one attached hydrogen (secondary N) is 1. The Labute approximate surface area is 171 Å². The minimum absolute atomic E-state index is 0.0490. The van der Waals surface area contributed by atoms with Crippen molar-refractivity contribution in [1.82, 2.24) is 9.97 Å². The number of thioether (sulfide) groups is 1. The number of rotatable bonds is 6. The number of aromatic nitrogens is 2. The van der Waals surface area contributed by atoms with E-state index in [0.717, 1.165) is 34.5 Å². The van der Waals surface area contributed by atoms with Crippen molar-refractivity contribution >= 4 is 45.8 Å². The van der Waals surface area contributed by atoms with E-state index < -0.39 is 4.92 Å². The first-order valence-corrected chi connectivity index (χ1v) is 10.3. The lowest BCUT2D eigenvalue weighted by atomic mass is 10.1. The minimum Gasteiger partial charge on any atom is -0.370 e. The molecular weight excluding hydrogens is 390 g/mol. The van der Waals surface area contributed by atoms with Crippen LogP contribution in [0, 0.1) is 10.1 Å². The molecule has 8 nitrogen and oxygen atoms in total. The summed E-state index contributed by atoms with van der Waals surface area (Å²) in [6, 6.07) is 12.4. The number of hydrogen-bond donors (Lipinski definition) is 1. The van der Waals surface area contributed by atoms with Crippen molar-refractivity contribution in [3.05, 3.63) is 58.1 Å². The summed E-state index contributed by atoms with van der Waals surface area (Å²) in [6.45, 7) is 3.26. The van der Waals surface area contributed by atoms with Gasteiger partial charge in [0, 0.05) is 36.3 Å². The van der Waals surface area contributed by atoms with Gasteiger partial charge in [-0.05, 0) is 37.1 Å². The fourth-order valence-corrected chi connectivity index (χ4v) is 4.11. The van der Waals surface area contributed by atoms with Crippen LogP contribution in [0.1, 0.15) is 12.5 Å². The maximum atomic E-state index is 12.8. The highest BCUT2D eigenvalue weighted by molar-refractivity contribution is 7.99. The van der Waals surface area contributed by atoms with Crippen molar-refractivity contribution in [3.8, 4) is 0 Å². The van der Waals surface area contributed by atoms with Gasteiger partial charge < -0.3 is 10.2 Å². The molecule has 1 aromatic heterocycles. The first-order chi connectivity index (χ1) is 14.1. The van der Waals surface area contributed by atoms with Gasteiger partial charge >= 0.3 is 0 Å². The van der Waals surface area contributed by atoms with Crippen LogP contribution in [0.2, 0.25) is 0 Å². The molecule has 0 radical (unpaired) electrons. The Morgan fingerprint density at radius 3 is 2.90 bits per heavy atom. The second-order valence-corrected chi connectivity index (χ2v) is 7.50. The molecule has 0 spiro atoms. The monoisotopic (exact) mass is 409 g/mol. The Balaban J connectivity index is 1.50. The molecule has 1 aliphatic rings. The third kappa shape index (κ3) is 3.86. The Morgan fingerprint density at radius 2 is 2.10 bits per heavy atom. The normalized spacial score (nSPS) is 12.8. The predicted molar refractivity (Wildman–Crippen MR) is 114 cm³/mol. The molecule has 148 valence electrons. The van der Waals surface area contributed by atoms with Crippen LogP contribution >= 0.6 is 11.8 Å². The fraction of sp³-hybridized carbons (Fsp3) is 0.250. The third-order valence-electron chi connectivity index (χ3n) is 4.72. The number of nitro benzene ring substituents is 1. The van der Waals surface area contributed by atoms with Gasteiger partial charge in [-0.15, -0.1) is 0 Å². The van der Waals surface area contributed by atoms with E-state index in [0.29, 0.717) is 18.1 Å². The van der Waals surface area contributed by atoms with Crippen LogP contribution in [-0.4, -0.2) is 39.6 Å². The molecule has 3 aromatic rings. The first kappa shape index (κ1) is 19.1. The Morgan fingerprint density at radius 1 is 1.28 bits per heavy atom. The van der Waals surface area contributed by atoms with E-state index in [-0.39, 0.29) is 17.3 Å². The lowest BCUT2D eigenvalue weighted by molar-refractivity contribution is -0.384. The Hall–Kier alpha value is -3.20. The van der Waals surface area contributed by atoms with Crippen molar-refractivity contribution in [1.29, 1.82) is 0 Å². The lowest BCUT2D eigenvalue weighted by Crippen LogP contribution is -2.30. The molecule has 1 amide bonds. The molecular formula is C20H19N5O3S. The maximum Gasteiger partial charge on any atom is 0.269 e. The highest BCUT2D eigenvalue weighted by atomic mass is 32.2. The number of para-hydroxylation sites is 1. The van der Waals surface area contributed by atoms with E-state index in [1.807, 2.05) is 31.2 Å². The molecule has 2 aromatic carbocycles. The Bertz CT molecular complexity index is 1100. The molecule has 1 aliphatic heterocycles. The number of fused-ring (bicyclic) bond motifs is 2. The van der Waals surface area contributed by atoms with E-state index in [1.165, 1.54) is 17.8 Å². The molecule has 0 atom stereocenters. The first-order valence-electron chi connectivity index (χ1n) is 9.28. The zero-order valence-electron chi connectivity index (χ0n) is 15.8. The summed E-state index contributed by atoms with van der Waals surface area (Å²) in [5, 5.41) is 15.7. The maximum absolute atomic E-state index is 12.8. The second kappa shape index (κ2) is 8.04. The smallest absolute Gasteiger partial charge is 0.269 e. The van der Waals surface area contributed by atoms with Gasteiger partial charge in [-0.1, -0.05) is 23.9 Å². The summed E-state index contributed by atoms with van der Waals surface area (Å²) in [6.07, 6.45) is 0.616. The van der Waals surface area contributed by atoms with Gasteiger partial charge in [0.2, 0.25) is 5.91 Å². The van der Waals surface area contributed by atoms with E-state index in [1.54, 1.807) is 17.0 Å².